The van der Waals surface area contributed by atoms with E-state index in [2.05, 4.69) is 20.9 Å². The lowest BCUT2D eigenvalue weighted by Crippen LogP contribution is -2.10. The third-order valence-corrected chi connectivity index (χ3v) is 3.51. The van der Waals surface area contributed by atoms with Crippen LogP contribution in [0.2, 0.25) is 0 Å². The highest BCUT2D eigenvalue weighted by Gasteiger charge is 2.06. The van der Waals surface area contributed by atoms with Gasteiger partial charge in [0.2, 0.25) is 0 Å². The van der Waals surface area contributed by atoms with Crippen molar-refractivity contribution in [3.63, 3.8) is 0 Å². The Morgan fingerprint density at radius 3 is 2.68 bits per heavy atom. The number of halogens is 1. The van der Waals surface area contributed by atoms with Gasteiger partial charge in [-0.15, -0.1) is 0 Å². The van der Waals surface area contributed by atoms with Gasteiger partial charge in [0.1, 0.15) is 11.5 Å². The summed E-state index contributed by atoms with van der Waals surface area (Å²) in [6, 6.07) is 9.75. The second kappa shape index (κ2) is 6.17. The van der Waals surface area contributed by atoms with Crippen LogP contribution < -0.4 is 10.5 Å². The Bertz CT molecular complexity index is 555. The first kappa shape index (κ1) is 14.0. The van der Waals surface area contributed by atoms with Crippen molar-refractivity contribution in [3.8, 4) is 11.5 Å². The quantitative estimate of drug-likeness (QED) is 0.910. The van der Waals surface area contributed by atoms with Gasteiger partial charge in [0.05, 0.1) is 16.4 Å². The van der Waals surface area contributed by atoms with E-state index in [9.17, 15) is 0 Å². The van der Waals surface area contributed by atoms with Crippen LogP contribution in [0, 0.1) is 6.92 Å². The molecule has 4 heteroatoms. The number of aromatic nitrogens is 1. The molecule has 2 aromatic rings. The van der Waals surface area contributed by atoms with Crippen LogP contribution in [0.15, 0.2) is 41.0 Å². The summed E-state index contributed by atoms with van der Waals surface area (Å²) >= 11 is 3.49. The Balaban J connectivity index is 2.15. The van der Waals surface area contributed by atoms with Crippen LogP contribution >= 0.6 is 15.9 Å². The number of ether oxygens (including phenoxy) is 1. The topological polar surface area (TPSA) is 48.1 Å². The zero-order valence-corrected chi connectivity index (χ0v) is 12.6. The molecular weight excluding hydrogens is 304 g/mol. The molecule has 0 radical (unpaired) electrons. The van der Waals surface area contributed by atoms with Gasteiger partial charge >= 0.3 is 0 Å². The predicted molar refractivity (Wildman–Crippen MR) is 80.4 cm³/mol. The first-order valence-electron chi connectivity index (χ1n) is 6.25. The average molecular weight is 321 g/mol. The third kappa shape index (κ3) is 3.55. The molecule has 3 nitrogen and oxygen atoms in total. The minimum Gasteiger partial charge on any atom is -0.455 e. The van der Waals surface area contributed by atoms with Gasteiger partial charge in [0, 0.05) is 6.04 Å². The van der Waals surface area contributed by atoms with Crippen LogP contribution in [0.3, 0.4) is 0 Å². The van der Waals surface area contributed by atoms with Gasteiger partial charge in [0.15, 0.2) is 0 Å². The van der Waals surface area contributed by atoms with E-state index in [4.69, 9.17) is 10.5 Å². The lowest BCUT2D eigenvalue weighted by Gasteiger charge is -2.10. The summed E-state index contributed by atoms with van der Waals surface area (Å²) in [5, 5.41) is 0. The molecule has 0 fully saturated rings. The molecule has 0 aliphatic heterocycles. The molecule has 0 saturated heterocycles. The normalized spacial score (nSPS) is 12.2. The first-order chi connectivity index (χ1) is 9.10. The highest BCUT2D eigenvalue weighted by Crippen LogP contribution is 2.30. The molecule has 100 valence electrons. The molecule has 1 aromatic carbocycles. The Kier molecular flexibility index (Phi) is 4.56. The highest BCUT2D eigenvalue weighted by atomic mass is 79.9. The lowest BCUT2D eigenvalue weighted by atomic mass is 10.1. The summed E-state index contributed by atoms with van der Waals surface area (Å²) in [7, 11) is 0. The van der Waals surface area contributed by atoms with Crippen molar-refractivity contribution >= 4 is 15.9 Å². The van der Waals surface area contributed by atoms with Crippen LogP contribution in [-0.2, 0) is 0 Å². The van der Waals surface area contributed by atoms with Gasteiger partial charge in [-0.05, 0) is 59.1 Å². The molecule has 0 spiro atoms. The van der Waals surface area contributed by atoms with Crippen LogP contribution in [0.1, 0.15) is 30.6 Å². The van der Waals surface area contributed by atoms with Gasteiger partial charge in [-0.3, -0.25) is 4.98 Å². The standard InChI is InChI=1S/C15H17BrN2O/c1-3-13(17)14-6-5-11(9-18-14)19-15-7-4-10(2)8-12(15)16/h4-9,13H,3,17H2,1-2H3/t13-/m0/s1. The Morgan fingerprint density at radius 2 is 2.11 bits per heavy atom. The van der Waals surface area contributed by atoms with Gasteiger partial charge < -0.3 is 10.5 Å². The van der Waals surface area contributed by atoms with Crippen molar-refractivity contribution in [2.45, 2.75) is 26.3 Å². The smallest absolute Gasteiger partial charge is 0.145 e. The minimum atomic E-state index is -0.0137. The van der Waals surface area contributed by atoms with Crippen LogP contribution in [0.4, 0.5) is 0 Å². The van der Waals surface area contributed by atoms with Crippen molar-refractivity contribution in [3.05, 3.63) is 52.3 Å². The van der Waals surface area contributed by atoms with Gasteiger partial charge in [-0.1, -0.05) is 13.0 Å². The third-order valence-electron chi connectivity index (χ3n) is 2.89. The highest BCUT2D eigenvalue weighted by molar-refractivity contribution is 9.10. The molecule has 1 heterocycles. The zero-order valence-electron chi connectivity index (χ0n) is 11.1. The Labute approximate surface area is 121 Å². The van der Waals surface area contributed by atoms with E-state index in [0.717, 1.165) is 22.3 Å². The molecule has 0 aliphatic rings. The molecule has 0 aliphatic carbocycles. The zero-order chi connectivity index (χ0) is 13.8. The summed E-state index contributed by atoms with van der Waals surface area (Å²) in [5.74, 6) is 1.48. The predicted octanol–water partition coefficient (Wildman–Crippen LogP) is 4.35. The van der Waals surface area contributed by atoms with E-state index in [0.29, 0.717) is 5.75 Å². The monoisotopic (exact) mass is 320 g/mol. The maximum Gasteiger partial charge on any atom is 0.145 e. The number of aryl methyl sites for hydroxylation is 1. The molecule has 0 bridgehead atoms. The molecule has 19 heavy (non-hydrogen) atoms. The second-order valence-electron chi connectivity index (χ2n) is 4.47. The summed E-state index contributed by atoms with van der Waals surface area (Å²) in [6.07, 6.45) is 2.58. The maximum absolute atomic E-state index is 5.93. The molecule has 2 N–H and O–H groups in total. The van der Waals surface area contributed by atoms with Gasteiger partial charge in [-0.2, -0.15) is 0 Å². The average Bonchev–Trinajstić information content (AvgIpc) is 2.42. The molecule has 1 atom stereocenters. The summed E-state index contributed by atoms with van der Waals surface area (Å²) in [4.78, 5) is 4.33. The number of rotatable bonds is 4. The number of benzene rings is 1. The first-order valence-corrected chi connectivity index (χ1v) is 7.05. The van der Waals surface area contributed by atoms with Crippen molar-refractivity contribution < 1.29 is 4.74 Å². The Morgan fingerprint density at radius 1 is 1.32 bits per heavy atom. The van der Waals surface area contributed by atoms with E-state index in [1.165, 1.54) is 5.56 Å². The van der Waals surface area contributed by atoms with Crippen LogP contribution in [-0.4, -0.2) is 4.98 Å². The molecular formula is C15H17BrN2O. The van der Waals surface area contributed by atoms with Crippen molar-refractivity contribution in [2.24, 2.45) is 5.73 Å². The van der Waals surface area contributed by atoms with E-state index in [1.54, 1.807) is 6.20 Å². The largest absolute Gasteiger partial charge is 0.455 e. The Hall–Kier alpha value is -1.39. The summed E-state index contributed by atoms with van der Waals surface area (Å²) in [5.41, 5.74) is 8.00. The number of nitrogens with two attached hydrogens (primary N) is 1. The van der Waals surface area contributed by atoms with Gasteiger partial charge in [0.25, 0.3) is 0 Å². The van der Waals surface area contributed by atoms with Crippen molar-refractivity contribution in [1.82, 2.24) is 4.98 Å². The number of pyridine rings is 1. The fourth-order valence-corrected chi connectivity index (χ4v) is 2.27. The van der Waals surface area contributed by atoms with Crippen LogP contribution in [0.25, 0.3) is 0 Å². The molecule has 0 amide bonds. The number of hydrogen-bond acceptors (Lipinski definition) is 3. The van der Waals surface area contributed by atoms with E-state index >= 15 is 0 Å². The van der Waals surface area contributed by atoms with Crippen molar-refractivity contribution in [2.75, 3.05) is 0 Å². The van der Waals surface area contributed by atoms with E-state index < -0.39 is 0 Å². The SMILES string of the molecule is CC[C@H](N)c1ccc(Oc2ccc(C)cc2Br)cn1. The summed E-state index contributed by atoms with van der Waals surface area (Å²) < 4.78 is 6.71. The maximum atomic E-state index is 5.93. The lowest BCUT2D eigenvalue weighted by molar-refractivity contribution is 0.476. The molecule has 2 rings (SSSR count). The second-order valence-corrected chi connectivity index (χ2v) is 5.32. The summed E-state index contributed by atoms with van der Waals surface area (Å²) in [6.45, 7) is 4.08. The minimum absolute atomic E-state index is 0.0137. The molecule has 0 unspecified atom stereocenters. The van der Waals surface area contributed by atoms with E-state index in [1.807, 2.05) is 44.2 Å². The van der Waals surface area contributed by atoms with Crippen molar-refractivity contribution in [1.29, 1.82) is 0 Å². The fraction of sp³-hybridized carbons (Fsp3) is 0.267. The van der Waals surface area contributed by atoms with Gasteiger partial charge in [-0.25, -0.2) is 0 Å². The fourth-order valence-electron chi connectivity index (χ4n) is 1.70. The number of nitrogens with zero attached hydrogens (tertiary/aromatic N) is 1. The molecule has 1 aromatic heterocycles. The van der Waals surface area contributed by atoms with E-state index in [-0.39, 0.29) is 6.04 Å². The molecule has 0 saturated carbocycles. The van der Waals surface area contributed by atoms with Crippen LogP contribution in [0.5, 0.6) is 11.5 Å². The number of hydrogen-bond donors (Lipinski definition) is 1.